The lowest BCUT2D eigenvalue weighted by Gasteiger charge is -2.13. The van der Waals surface area contributed by atoms with Crippen LogP contribution in [0.15, 0.2) is 30.3 Å². The van der Waals surface area contributed by atoms with E-state index in [0.717, 1.165) is 5.56 Å². The molecule has 0 radical (unpaired) electrons. The summed E-state index contributed by atoms with van der Waals surface area (Å²) >= 11 is 12.0. The highest BCUT2D eigenvalue weighted by atomic mass is 35.5. The molecular weight excluding hydrogens is 379 g/mol. The van der Waals surface area contributed by atoms with E-state index in [4.69, 9.17) is 32.7 Å². The first kappa shape index (κ1) is 19.9. The van der Waals surface area contributed by atoms with E-state index in [-0.39, 0.29) is 6.42 Å². The van der Waals surface area contributed by atoms with Gasteiger partial charge in [0, 0.05) is 22.8 Å². The zero-order valence-electron chi connectivity index (χ0n) is 14.5. The van der Waals surface area contributed by atoms with Gasteiger partial charge < -0.3 is 20.1 Å². The van der Waals surface area contributed by atoms with Crippen LogP contribution in [-0.4, -0.2) is 26.0 Å². The molecule has 0 aromatic heterocycles. The van der Waals surface area contributed by atoms with E-state index in [0.29, 0.717) is 32.9 Å². The van der Waals surface area contributed by atoms with Gasteiger partial charge in [0.15, 0.2) is 0 Å². The Hall–Kier alpha value is -2.44. The molecule has 6 nitrogen and oxygen atoms in total. The molecule has 0 atom stereocenters. The van der Waals surface area contributed by atoms with Gasteiger partial charge in [0.1, 0.15) is 17.9 Å². The Morgan fingerprint density at radius 1 is 0.923 bits per heavy atom. The van der Waals surface area contributed by atoms with Gasteiger partial charge in [-0.05, 0) is 24.6 Å². The van der Waals surface area contributed by atoms with Crippen molar-refractivity contribution in [2.75, 3.05) is 24.9 Å². The van der Waals surface area contributed by atoms with Gasteiger partial charge in [-0.1, -0.05) is 29.3 Å². The Balaban J connectivity index is 2.06. The molecule has 0 fully saturated rings. The number of anilines is 2. The lowest BCUT2D eigenvalue weighted by molar-refractivity contribution is -0.123. The first-order valence-corrected chi connectivity index (χ1v) is 8.37. The van der Waals surface area contributed by atoms with Gasteiger partial charge in [0.25, 0.3) is 0 Å². The number of hydrogen-bond acceptors (Lipinski definition) is 4. The van der Waals surface area contributed by atoms with Gasteiger partial charge in [-0.2, -0.15) is 0 Å². The maximum absolute atomic E-state index is 12.2. The SMILES string of the molecule is COc1cc(NC(=O)CC(=O)Nc2cccc(Cl)c2C)c(OC)cc1Cl. The first-order valence-electron chi connectivity index (χ1n) is 7.62. The summed E-state index contributed by atoms with van der Waals surface area (Å²) in [7, 11) is 2.91. The van der Waals surface area contributed by atoms with E-state index in [9.17, 15) is 9.59 Å². The molecule has 0 spiro atoms. The predicted molar refractivity (Wildman–Crippen MR) is 103 cm³/mol. The minimum atomic E-state index is -0.509. The minimum Gasteiger partial charge on any atom is -0.495 e. The third-order valence-corrected chi connectivity index (χ3v) is 4.32. The molecule has 138 valence electrons. The molecule has 2 N–H and O–H groups in total. The van der Waals surface area contributed by atoms with Crippen molar-refractivity contribution in [3.63, 3.8) is 0 Å². The van der Waals surface area contributed by atoms with Crippen molar-refractivity contribution in [3.05, 3.63) is 45.9 Å². The minimum absolute atomic E-state index is 0.344. The van der Waals surface area contributed by atoms with Crippen molar-refractivity contribution in [3.8, 4) is 11.5 Å². The highest BCUT2D eigenvalue weighted by Crippen LogP contribution is 2.35. The van der Waals surface area contributed by atoms with Crippen LogP contribution in [0.2, 0.25) is 10.0 Å². The molecule has 8 heteroatoms. The quantitative estimate of drug-likeness (QED) is 0.714. The number of methoxy groups -OCH3 is 2. The van der Waals surface area contributed by atoms with Crippen LogP contribution in [-0.2, 0) is 9.59 Å². The van der Waals surface area contributed by atoms with E-state index < -0.39 is 11.8 Å². The van der Waals surface area contributed by atoms with Crippen LogP contribution in [0.25, 0.3) is 0 Å². The summed E-state index contributed by atoms with van der Waals surface area (Å²) in [5, 5.41) is 6.16. The largest absolute Gasteiger partial charge is 0.495 e. The van der Waals surface area contributed by atoms with Crippen molar-refractivity contribution in [2.24, 2.45) is 0 Å². The van der Waals surface area contributed by atoms with Crippen LogP contribution >= 0.6 is 23.2 Å². The third-order valence-electron chi connectivity index (χ3n) is 3.61. The van der Waals surface area contributed by atoms with Gasteiger partial charge >= 0.3 is 0 Å². The molecule has 0 aliphatic rings. The smallest absolute Gasteiger partial charge is 0.233 e. The first-order chi connectivity index (χ1) is 12.3. The molecule has 0 bridgehead atoms. The van der Waals surface area contributed by atoms with Crippen molar-refractivity contribution in [1.82, 2.24) is 0 Å². The van der Waals surface area contributed by atoms with Gasteiger partial charge in [-0.25, -0.2) is 0 Å². The van der Waals surface area contributed by atoms with E-state index >= 15 is 0 Å². The lowest BCUT2D eigenvalue weighted by atomic mass is 10.2. The Labute approximate surface area is 161 Å². The molecule has 2 amide bonds. The summed E-state index contributed by atoms with van der Waals surface area (Å²) < 4.78 is 10.3. The normalized spacial score (nSPS) is 10.2. The number of benzene rings is 2. The second-order valence-corrected chi connectivity index (χ2v) is 6.19. The summed E-state index contributed by atoms with van der Waals surface area (Å²) in [6.45, 7) is 1.78. The number of rotatable bonds is 6. The molecule has 2 aromatic carbocycles. The Kier molecular flexibility index (Phi) is 6.71. The predicted octanol–water partition coefficient (Wildman–Crippen LogP) is 4.29. The fourth-order valence-corrected chi connectivity index (χ4v) is 2.64. The second-order valence-electron chi connectivity index (χ2n) is 5.37. The molecule has 26 heavy (non-hydrogen) atoms. The fourth-order valence-electron chi connectivity index (χ4n) is 2.24. The van der Waals surface area contributed by atoms with Crippen molar-refractivity contribution in [1.29, 1.82) is 0 Å². The van der Waals surface area contributed by atoms with Gasteiger partial charge in [0.05, 0.1) is 24.9 Å². The number of carbonyl (C=O) groups is 2. The number of hydrogen-bond donors (Lipinski definition) is 2. The average Bonchev–Trinajstić information content (AvgIpc) is 2.59. The van der Waals surface area contributed by atoms with Crippen LogP contribution < -0.4 is 20.1 Å². The average molecular weight is 397 g/mol. The molecule has 0 heterocycles. The molecule has 2 rings (SSSR count). The summed E-state index contributed by atoms with van der Waals surface area (Å²) in [5.41, 5.74) is 1.64. The maximum Gasteiger partial charge on any atom is 0.233 e. The third kappa shape index (κ3) is 4.80. The fraction of sp³-hybridized carbons (Fsp3) is 0.222. The molecule has 0 aliphatic heterocycles. The Morgan fingerprint density at radius 3 is 2.15 bits per heavy atom. The highest BCUT2D eigenvalue weighted by Gasteiger charge is 2.16. The Morgan fingerprint density at radius 2 is 1.54 bits per heavy atom. The van der Waals surface area contributed by atoms with Crippen LogP contribution in [0.3, 0.4) is 0 Å². The van der Waals surface area contributed by atoms with Crippen molar-refractivity contribution in [2.45, 2.75) is 13.3 Å². The maximum atomic E-state index is 12.2. The van der Waals surface area contributed by atoms with Gasteiger partial charge in [0.2, 0.25) is 11.8 Å². The zero-order chi connectivity index (χ0) is 19.3. The van der Waals surface area contributed by atoms with Crippen molar-refractivity contribution >= 4 is 46.4 Å². The summed E-state index contributed by atoms with van der Waals surface area (Å²) in [4.78, 5) is 24.3. The summed E-state index contributed by atoms with van der Waals surface area (Å²) in [6, 6.07) is 8.20. The number of nitrogens with one attached hydrogen (secondary N) is 2. The van der Waals surface area contributed by atoms with Gasteiger partial charge in [-0.3, -0.25) is 9.59 Å². The van der Waals surface area contributed by atoms with E-state index in [1.807, 2.05) is 0 Å². The van der Waals surface area contributed by atoms with Gasteiger partial charge in [-0.15, -0.1) is 0 Å². The lowest BCUT2D eigenvalue weighted by Crippen LogP contribution is -2.22. The van der Waals surface area contributed by atoms with E-state index in [1.54, 1.807) is 25.1 Å². The molecule has 0 aliphatic carbocycles. The van der Waals surface area contributed by atoms with Crippen molar-refractivity contribution < 1.29 is 19.1 Å². The topological polar surface area (TPSA) is 76.7 Å². The molecule has 0 saturated heterocycles. The number of ether oxygens (including phenoxy) is 2. The molecule has 0 saturated carbocycles. The molecular formula is C18H18Cl2N2O4. The van der Waals surface area contributed by atoms with E-state index in [1.165, 1.54) is 26.4 Å². The second kappa shape index (κ2) is 8.78. The van der Waals surface area contributed by atoms with Crippen LogP contribution in [0.4, 0.5) is 11.4 Å². The summed E-state index contributed by atoms with van der Waals surface area (Å²) in [5.74, 6) is -0.241. The Bertz CT molecular complexity index is 840. The highest BCUT2D eigenvalue weighted by molar-refractivity contribution is 6.32. The standard InChI is InChI=1S/C18H18Cl2N2O4/c1-10-11(19)5-4-6-13(10)21-17(23)9-18(24)22-14-8-15(25-2)12(20)7-16(14)26-3/h4-8H,9H2,1-3H3,(H,21,23)(H,22,24). The van der Waals surface area contributed by atoms with E-state index in [2.05, 4.69) is 10.6 Å². The van der Waals surface area contributed by atoms with Crippen LogP contribution in [0.1, 0.15) is 12.0 Å². The molecule has 2 aromatic rings. The summed E-state index contributed by atoms with van der Waals surface area (Å²) in [6.07, 6.45) is -0.375. The van der Waals surface area contributed by atoms with Crippen LogP contribution in [0, 0.1) is 6.92 Å². The number of amides is 2. The molecule has 0 unspecified atom stereocenters. The monoisotopic (exact) mass is 396 g/mol. The van der Waals surface area contributed by atoms with Crippen LogP contribution in [0.5, 0.6) is 11.5 Å². The number of carbonyl (C=O) groups excluding carboxylic acids is 2. The zero-order valence-corrected chi connectivity index (χ0v) is 16.0. The number of halogens is 2.